The van der Waals surface area contributed by atoms with Crippen LogP contribution in [0.25, 0.3) is 0 Å². The van der Waals surface area contributed by atoms with Crippen molar-refractivity contribution < 1.29 is 27.5 Å². The third-order valence-corrected chi connectivity index (χ3v) is 7.88. The summed E-state index contributed by atoms with van der Waals surface area (Å²) >= 11 is 1.23. The summed E-state index contributed by atoms with van der Waals surface area (Å²) in [7, 11) is -2.10. The fraction of sp³-hybridized carbons (Fsp3) is 0.667. The van der Waals surface area contributed by atoms with Crippen LogP contribution in [0.15, 0.2) is 16.3 Å². The maximum atomic E-state index is 13.0. The molecule has 28 heavy (non-hydrogen) atoms. The molecule has 10 heteroatoms. The molecule has 1 atom stereocenters. The van der Waals surface area contributed by atoms with Crippen molar-refractivity contribution in [3.63, 3.8) is 0 Å². The predicted octanol–water partition coefficient (Wildman–Crippen LogP) is 1.50. The number of piperidine rings is 1. The lowest BCUT2D eigenvalue weighted by Crippen LogP contribution is -2.48. The van der Waals surface area contributed by atoms with Crippen LogP contribution in [0.2, 0.25) is 0 Å². The van der Waals surface area contributed by atoms with E-state index in [4.69, 9.17) is 9.47 Å². The Labute approximate surface area is 170 Å². The van der Waals surface area contributed by atoms with E-state index < -0.39 is 21.9 Å². The number of methoxy groups -OCH3 is 1. The highest BCUT2D eigenvalue weighted by atomic mass is 32.2. The average Bonchev–Trinajstić information content (AvgIpc) is 3.12. The van der Waals surface area contributed by atoms with E-state index in [9.17, 15) is 18.0 Å². The molecule has 0 radical (unpaired) electrons. The van der Waals surface area contributed by atoms with Gasteiger partial charge in [0.2, 0.25) is 5.91 Å². The van der Waals surface area contributed by atoms with Crippen LogP contribution in [-0.2, 0) is 29.1 Å². The van der Waals surface area contributed by atoms with Crippen LogP contribution in [-0.4, -0.2) is 76.0 Å². The largest absolute Gasteiger partial charge is 0.465 e. The molecular weight excluding hydrogens is 404 g/mol. The van der Waals surface area contributed by atoms with Crippen molar-refractivity contribution in [3.05, 3.63) is 17.0 Å². The molecule has 0 spiro atoms. The van der Waals surface area contributed by atoms with Crippen molar-refractivity contribution in [2.24, 2.45) is 5.92 Å². The van der Waals surface area contributed by atoms with E-state index >= 15 is 0 Å². The van der Waals surface area contributed by atoms with Crippen LogP contribution < -0.4 is 0 Å². The van der Waals surface area contributed by atoms with Crippen LogP contribution in [0.5, 0.6) is 0 Å². The van der Waals surface area contributed by atoms with Gasteiger partial charge in [0.05, 0.1) is 19.1 Å². The Morgan fingerprint density at radius 1 is 1.36 bits per heavy atom. The van der Waals surface area contributed by atoms with E-state index in [1.165, 1.54) is 27.7 Å². The number of esters is 1. The zero-order chi connectivity index (χ0) is 20.7. The minimum absolute atomic E-state index is 0.115. The van der Waals surface area contributed by atoms with Crippen molar-refractivity contribution >= 4 is 33.2 Å². The Kier molecular flexibility index (Phi) is 8.41. The zero-order valence-corrected chi connectivity index (χ0v) is 18.2. The van der Waals surface area contributed by atoms with Gasteiger partial charge >= 0.3 is 5.97 Å². The summed E-state index contributed by atoms with van der Waals surface area (Å²) in [5.41, 5.74) is 0. The normalized spacial score (nSPS) is 18.0. The lowest BCUT2D eigenvalue weighted by Gasteiger charge is -2.33. The number of aryl methyl sites for hydroxylation is 1. The summed E-state index contributed by atoms with van der Waals surface area (Å²) in [5.74, 6) is -1.22. The second-order valence-corrected chi connectivity index (χ2v) is 10.1. The van der Waals surface area contributed by atoms with Gasteiger partial charge in [0.15, 0.2) is 0 Å². The minimum atomic E-state index is -3.62. The molecule has 1 saturated heterocycles. The van der Waals surface area contributed by atoms with Crippen molar-refractivity contribution in [1.29, 1.82) is 0 Å². The van der Waals surface area contributed by atoms with Gasteiger partial charge in [0, 0.05) is 31.6 Å². The van der Waals surface area contributed by atoms with Crippen LogP contribution in [0.1, 0.15) is 24.6 Å². The SMILES string of the molecule is CCOC(=O)CN(CCOC)C(=O)C1CCCN(S(=O)(=O)c2ccc(C)s2)C1. The number of amides is 1. The fourth-order valence-electron chi connectivity index (χ4n) is 3.13. The van der Waals surface area contributed by atoms with E-state index in [1.807, 2.05) is 6.92 Å². The van der Waals surface area contributed by atoms with Gasteiger partial charge in [-0.25, -0.2) is 8.42 Å². The number of rotatable bonds is 9. The highest BCUT2D eigenvalue weighted by molar-refractivity contribution is 7.91. The molecule has 1 aromatic rings. The molecule has 2 heterocycles. The number of sulfonamides is 1. The molecule has 1 aliphatic heterocycles. The van der Waals surface area contributed by atoms with Gasteiger partial charge < -0.3 is 14.4 Å². The summed E-state index contributed by atoms with van der Waals surface area (Å²) in [4.78, 5) is 27.2. The van der Waals surface area contributed by atoms with E-state index in [0.717, 1.165) is 4.88 Å². The van der Waals surface area contributed by atoms with Gasteiger partial charge in [-0.05, 0) is 38.8 Å². The molecule has 1 unspecified atom stereocenters. The molecule has 1 aliphatic rings. The number of hydrogen-bond donors (Lipinski definition) is 0. The summed E-state index contributed by atoms with van der Waals surface area (Å²) in [6.07, 6.45) is 1.18. The summed E-state index contributed by atoms with van der Waals surface area (Å²) in [6, 6.07) is 3.38. The molecule has 0 bridgehead atoms. The first-order valence-corrected chi connectivity index (χ1v) is 11.5. The van der Waals surface area contributed by atoms with Crippen molar-refractivity contribution in [1.82, 2.24) is 9.21 Å². The smallest absolute Gasteiger partial charge is 0.325 e. The van der Waals surface area contributed by atoms with Gasteiger partial charge in [-0.3, -0.25) is 9.59 Å². The number of ether oxygens (including phenoxy) is 2. The van der Waals surface area contributed by atoms with E-state index in [2.05, 4.69) is 0 Å². The van der Waals surface area contributed by atoms with Crippen molar-refractivity contribution in [3.8, 4) is 0 Å². The number of hydrogen-bond acceptors (Lipinski definition) is 7. The zero-order valence-electron chi connectivity index (χ0n) is 16.5. The molecule has 2 rings (SSSR count). The molecule has 0 aromatic carbocycles. The summed E-state index contributed by atoms with van der Waals surface area (Å²) in [6.45, 7) is 4.67. The van der Waals surface area contributed by atoms with Crippen molar-refractivity contribution in [2.75, 3.05) is 46.5 Å². The second-order valence-electron chi connectivity index (χ2n) is 6.62. The maximum absolute atomic E-state index is 13.0. The molecule has 1 amide bonds. The van der Waals surface area contributed by atoms with Crippen molar-refractivity contribution in [2.45, 2.75) is 30.9 Å². The van der Waals surface area contributed by atoms with Crippen LogP contribution in [0, 0.1) is 12.8 Å². The summed E-state index contributed by atoms with van der Waals surface area (Å²) in [5, 5.41) is 0. The van der Waals surface area contributed by atoms with E-state index in [1.54, 1.807) is 19.1 Å². The topological polar surface area (TPSA) is 93.2 Å². The molecule has 0 N–H and O–H groups in total. The minimum Gasteiger partial charge on any atom is -0.465 e. The Morgan fingerprint density at radius 2 is 2.11 bits per heavy atom. The van der Waals surface area contributed by atoms with Gasteiger partial charge in [0.25, 0.3) is 10.0 Å². The molecule has 0 saturated carbocycles. The quantitative estimate of drug-likeness (QED) is 0.549. The monoisotopic (exact) mass is 432 g/mol. The Morgan fingerprint density at radius 3 is 2.71 bits per heavy atom. The standard InChI is InChI=1S/C18H28N2O6S2/c1-4-26-16(21)13-19(10-11-25-3)18(22)15-6-5-9-20(12-15)28(23,24)17-8-7-14(2)27-17/h7-8,15H,4-6,9-13H2,1-3H3. The predicted molar refractivity (Wildman–Crippen MR) is 106 cm³/mol. The molecule has 1 fully saturated rings. The second kappa shape index (κ2) is 10.3. The third kappa shape index (κ3) is 5.76. The van der Waals surface area contributed by atoms with Gasteiger partial charge in [-0.2, -0.15) is 4.31 Å². The highest BCUT2D eigenvalue weighted by Gasteiger charge is 2.36. The lowest BCUT2D eigenvalue weighted by atomic mass is 9.98. The molecule has 158 valence electrons. The van der Waals surface area contributed by atoms with E-state index in [0.29, 0.717) is 23.6 Å². The molecule has 1 aromatic heterocycles. The van der Waals surface area contributed by atoms with Crippen LogP contribution in [0.3, 0.4) is 0 Å². The fourth-order valence-corrected chi connectivity index (χ4v) is 6.09. The highest BCUT2D eigenvalue weighted by Crippen LogP contribution is 2.28. The number of nitrogens with zero attached hydrogens (tertiary/aromatic N) is 2. The third-order valence-electron chi connectivity index (χ3n) is 4.55. The first-order valence-electron chi connectivity index (χ1n) is 9.29. The number of carbonyl (C=O) groups is 2. The van der Waals surface area contributed by atoms with Gasteiger partial charge in [0.1, 0.15) is 10.8 Å². The Balaban J connectivity index is 2.11. The Hall–Kier alpha value is -1.49. The molecule has 0 aliphatic carbocycles. The van der Waals surface area contributed by atoms with E-state index in [-0.39, 0.29) is 38.8 Å². The maximum Gasteiger partial charge on any atom is 0.325 e. The lowest BCUT2D eigenvalue weighted by molar-refractivity contribution is -0.151. The number of thiophene rings is 1. The number of carbonyl (C=O) groups excluding carboxylic acids is 2. The first-order chi connectivity index (χ1) is 13.3. The van der Waals surface area contributed by atoms with Gasteiger partial charge in [-0.15, -0.1) is 11.3 Å². The molecular formula is C18H28N2O6S2. The van der Waals surface area contributed by atoms with Crippen LogP contribution in [0.4, 0.5) is 0 Å². The van der Waals surface area contributed by atoms with Crippen LogP contribution >= 0.6 is 11.3 Å². The van der Waals surface area contributed by atoms with Gasteiger partial charge in [-0.1, -0.05) is 0 Å². The summed E-state index contributed by atoms with van der Waals surface area (Å²) < 4.78 is 37.4. The average molecular weight is 433 g/mol. The molecule has 8 nitrogen and oxygen atoms in total. The Bertz CT molecular complexity index is 777. The first kappa shape index (κ1) is 22.8.